The predicted molar refractivity (Wildman–Crippen MR) is 63.6 cm³/mol. The second-order valence-electron chi connectivity index (χ2n) is 4.87. The fourth-order valence-corrected chi connectivity index (χ4v) is 1.76. The van der Waals surface area contributed by atoms with E-state index in [1.54, 1.807) is 0 Å². The number of hydrogen-bond acceptors (Lipinski definition) is 0. The van der Waals surface area contributed by atoms with Crippen LogP contribution >= 0.6 is 22.6 Å². The minimum atomic E-state index is -8.02. The van der Waals surface area contributed by atoms with Crippen molar-refractivity contribution in [1.29, 1.82) is 0 Å². The second kappa shape index (κ2) is 7.00. The number of halogens is 17. The summed E-state index contributed by atoms with van der Waals surface area (Å²) in [7, 11) is 0. The van der Waals surface area contributed by atoms with E-state index in [2.05, 4.69) is 0 Å². The highest BCUT2D eigenvalue weighted by atomic mass is 127. The van der Waals surface area contributed by atoms with Gasteiger partial charge in [-0.1, -0.05) is 0 Å². The van der Waals surface area contributed by atoms with Crippen molar-refractivity contribution in [1.82, 2.24) is 0 Å². The molecule has 162 valence electrons. The zero-order chi connectivity index (χ0) is 22.5. The third kappa shape index (κ3) is 4.51. The van der Waals surface area contributed by atoms with E-state index in [0.717, 1.165) is 0 Å². The molecule has 0 rings (SSSR count). The first-order chi connectivity index (χ1) is 11.4. The molecule has 0 amide bonds. The number of alkyl halides is 15. The standard InChI is InChI=1S/C10H3F16I/c11-3(12)1-4(13,14)2-5(15,16)6(17,18)7(19,20)8(21,22)9(23,24)10(25,26)27/h1H,2H2. The van der Waals surface area contributed by atoms with Crippen molar-refractivity contribution < 1.29 is 70.2 Å². The molecule has 0 aromatic carbocycles. The molecule has 0 heterocycles. The fourth-order valence-electron chi connectivity index (χ4n) is 1.42. The highest BCUT2D eigenvalue weighted by molar-refractivity contribution is 14.1. The molecule has 0 radical (unpaired) electrons. The van der Waals surface area contributed by atoms with Gasteiger partial charge in [0.1, 0.15) is 0 Å². The molecule has 27 heavy (non-hydrogen) atoms. The third-order valence-electron chi connectivity index (χ3n) is 2.78. The smallest absolute Gasteiger partial charge is 0.202 e. The molecule has 0 fully saturated rings. The van der Waals surface area contributed by atoms with Crippen LogP contribution < -0.4 is 0 Å². The van der Waals surface area contributed by atoms with Gasteiger partial charge in [0.2, 0.25) is 0 Å². The molecule has 0 aromatic heterocycles. The molecule has 0 saturated carbocycles. The summed E-state index contributed by atoms with van der Waals surface area (Å²) in [6, 6.07) is 0. The van der Waals surface area contributed by atoms with E-state index >= 15 is 0 Å². The first kappa shape index (κ1) is 26.3. The molecule has 0 nitrogen and oxygen atoms in total. The minimum absolute atomic E-state index is 0.871. The summed E-state index contributed by atoms with van der Waals surface area (Å²) in [5.74, 6) is -43.8. The molecule has 17 heteroatoms. The Balaban J connectivity index is 6.28. The largest absolute Gasteiger partial charge is 0.387 e. The van der Waals surface area contributed by atoms with E-state index < -0.39 is 80.6 Å². The topological polar surface area (TPSA) is 0 Å². The maximum atomic E-state index is 13.2. The molecule has 0 atom stereocenters. The lowest BCUT2D eigenvalue weighted by molar-refractivity contribution is -0.417. The van der Waals surface area contributed by atoms with Crippen LogP contribution in [-0.2, 0) is 0 Å². The van der Waals surface area contributed by atoms with Gasteiger partial charge in [-0.15, -0.1) is 0 Å². The monoisotopic (exact) mass is 554 g/mol. The lowest BCUT2D eigenvalue weighted by Gasteiger charge is -2.40. The van der Waals surface area contributed by atoms with Crippen LogP contribution in [0.4, 0.5) is 70.2 Å². The van der Waals surface area contributed by atoms with Crippen LogP contribution in [0.1, 0.15) is 6.42 Å². The van der Waals surface area contributed by atoms with Crippen LogP contribution in [0.25, 0.3) is 0 Å². The summed E-state index contributed by atoms with van der Waals surface area (Å²) in [4.78, 5) is 0. The Hall–Kier alpha value is -0.650. The summed E-state index contributed by atoms with van der Waals surface area (Å²) in [5.41, 5.74) is 0. The summed E-state index contributed by atoms with van der Waals surface area (Å²) in [6.45, 7) is 0. The van der Waals surface area contributed by atoms with Gasteiger partial charge < -0.3 is 0 Å². The maximum Gasteiger partial charge on any atom is 0.387 e. The molecule has 0 N–H and O–H groups in total. The van der Waals surface area contributed by atoms with Gasteiger partial charge >= 0.3 is 33.5 Å². The average molecular weight is 554 g/mol. The lowest BCUT2D eigenvalue weighted by Crippen LogP contribution is -2.70. The zero-order valence-corrected chi connectivity index (χ0v) is 13.9. The van der Waals surface area contributed by atoms with Crippen molar-refractivity contribution in [3.05, 3.63) is 12.2 Å². The zero-order valence-electron chi connectivity index (χ0n) is 11.7. The second-order valence-corrected chi connectivity index (χ2v) is 6.23. The summed E-state index contributed by atoms with van der Waals surface area (Å²) < 4.78 is 198. The van der Waals surface area contributed by atoms with Crippen molar-refractivity contribution in [2.24, 2.45) is 0 Å². The van der Waals surface area contributed by atoms with Gasteiger partial charge in [0.25, 0.3) is 12.0 Å². The summed E-state index contributed by atoms with van der Waals surface area (Å²) in [5, 5.41) is 0. The van der Waals surface area contributed by atoms with Crippen molar-refractivity contribution >= 4 is 22.6 Å². The highest BCUT2D eigenvalue weighted by Gasteiger charge is 2.90. The van der Waals surface area contributed by atoms with Crippen molar-refractivity contribution in [2.45, 2.75) is 45.9 Å². The van der Waals surface area contributed by atoms with E-state index in [0.29, 0.717) is 0 Å². The molecule has 0 spiro atoms. The molecule has 0 aromatic rings. The SMILES string of the molecule is FC(F)=CC(F)(F)CC(F)(F)C(F)(F)C(F)(F)C(F)(F)C(F)(F)C(F)(F)I. The molecule has 0 saturated heterocycles. The van der Waals surface area contributed by atoms with Gasteiger partial charge in [-0.3, -0.25) is 0 Å². The maximum absolute atomic E-state index is 13.2. The molecule has 0 aliphatic heterocycles. The highest BCUT2D eigenvalue weighted by Crippen LogP contribution is 2.62. The van der Waals surface area contributed by atoms with Crippen LogP contribution in [0.5, 0.6) is 0 Å². The van der Waals surface area contributed by atoms with E-state index in [1.165, 1.54) is 0 Å². The van der Waals surface area contributed by atoms with Gasteiger partial charge in [0.05, 0.1) is 6.42 Å². The van der Waals surface area contributed by atoms with Crippen LogP contribution in [-0.4, -0.2) is 39.5 Å². The Morgan fingerprint density at radius 2 is 0.926 bits per heavy atom. The quantitative estimate of drug-likeness (QED) is 0.172. The van der Waals surface area contributed by atoms with Gasteiger partial charge in [0.15, 0.2) is 0 Å². The Labute approximate surface area is 151 Å². The first-order valence-corrected chi connectivity index (χ1v) is 6.83. The van der Waals surface area contributed by atoms with Crippen molar-refractivity contribution in [2.75, 3.05) is 0 Å². The number of hydrogen-bond donors (Lipinski definition) is 0. The Bertz CT molecular complexity index is 566. The van der Waals surface area contributed by atoms with Crippen LogP contribution in [0, 0.1) is 0 Å². The molecule has 0 bridgehead atoms. The molecular formula is C10H3F16I. The fraction of sp³-hybridized carbons (Fsp3) is 0.800. The predicted octanol–water partition coefficient (Wildman–Crippen LogP) is 7.00. The molecular weight excluding hydrogens is 551 g/mol. The van der Waals surface area contributed by atoms with Crippen LogP contribution in [0.2, 0.25) is 0 Å². The number of rotatable bonds is 8. The Morgan fingerprint density at radius 3 is 1.22 bits per heavy atom. The third-order valence-corrected chi connectivity index (χ3v) is 3.45. The number of allylic oxidation sites excluding steroid dienone is 1. The minimum Gasteiger partial charge on any atom is -0.202 e. The Morgan fingerprint density at radius 1 is 0.593 bits per heavy atom. The van der Waals surface area contributed by atoms with Gasteiger partial charge in [0, 0.05) is 28.7 Å². The summed E-state index contributed by atoms with van der Waals surface area (Å²) in [6.07, 6.45) is -9.14. The Kier molecular flexibility index (Phi) is 6.83. The van der Waals surface area contributed by atoms with Crippen LogP contribution in [0.15, 0.2) is 12.2 Å². The van der Waals surface area contributed by atoms with E-state index in [-0.39, 0.29) is 0 Å². The van der Waals surface area contributed by atoms with Crippen LogP contribution in [0.3, 0.4) is 0 Å². The van der Waals surface area contributed by atoms with E-state index in [4.69, 9.17) is 0 Å². The van der Waals surface area contributed by atoms with E-state index in [9.17, 15) is 70.2 Å². The van der Waals surface area contributed by atoms with Gasteiger partial charge in [-0.25, -0.2) is 8.78 Å². The van der Waals surface area contributed by atoms with Gasteiger partial charge in [-0.2, -0.15) is 61.5 Å². The van der Waals surface area contributed by atoms with Crippen molar-refractivity contribution in [3.63, 3.8) is 0 Å². The van der Waals surface area contributed by atoms with Crippen molar-refractivity contribution in [3.8, 4) is 0 Å². The summed E-state index contributed by atoms with van der Waals surface area (Å²) >= 11 is -0.871. The van der Waals surface area contributed by atoms with Gasteiger partial charge in [-0.05, 0) is 0 Å². The first-order valence-electron chi connectivity index (χ1n) is 5.75. The van der Waals surface area contributed by atoms with E-state index in [1.807, 2.05) is 0 Å². The molecule has 0 unspecified atom stereocenters. The molecule has 0 aliphatic carbocycles. The average Bonchev–Trinajstić information content (AvgIpc) is 2.32. The molecule has 0 aliphatic rings. The lowest BCUT2D eigenvalue weighted by atomic mass is 9.91. The normalized spacial score (nSPS) is 15.7.